The lowest BCUT2D eigenvalue weighted by Gasteiger charge is -2.45. The Kier molecular flexibility index (Phi) is 4.49. The molecule has 0 unspecified atom stereocenters. The number of rotatable bonds is 3. The van der Waals surface area contributed by atoms with E-state index in [0.717, 1.165) is 31.7 Å². The van der Waals surface area contributed by atoms with E-state index in [-0.39, 0.29) is 11.4 Å². The largest absolute Gasteiger partial charge is 0.336 e. The number of nitrogens with two attached hydrogens (primary N) is 1. The van der Waals surface area contributed by atoms with E-state index in [9.17, 15) is 4.79 Å². The van der Waals surface area contributed by atoms with E-state index in [4.69, 9.17) is 5.84 Å². The minimum atomic E-state index is -0.0104. The van der Waals surface area contributed by atoms with Gasteiger partial charge < -0.3 is 10.3 Å². The molecular weight excluding hydrogens is 266 g/mol. The quantitative estimate of drug-likeness (QED) is 0.644. The van der Waals surface area contributed by atoms with Gasteiger partial charge >= 0.3 is 0 Å². The second-order valence-electron chi connectivity index (χ2n) is 6.19. The number of aromatic nitrogens is 1. The van der Waals surface area contributed by atoms with Gasteiger partial charge in [0.05, 0.1) is 0 Å². The maximum Gasteiger partial charge on any atom is 0.254 e. The van der Waals surface area contributed by atoms with Crippen molar-refractivity contribution in [3.8, 4) is 0 Å². The molecule has 21 heavy (non-hydrogen) atoms. The first-order valence-corrected chi connectivity index (χ1v) is 7.35. The van der Waals surface area contributed by atoms with Crippen LogP contribution >= 0.6 is 0 Å². The summed E-state index contributed by atoms with van der Waals surface area (Å²) in [6.07, 6.45) is 0.768. The Balaban J connectivity index is 2.24. The minimum Gasteiger partial charge on any atom is -0.336 e. The third kappa shape index (κ3) is 3.33. The van der Waals surface area contributed by atoms with Crippen LogP contribution in [0.3, 0.4) is 0 Å². The number of pyridine rings is 1. The highest BCUT2D eigenvalue weighted by atomic mass is 16.2. The van der Waals surface area contributed by atoms with Gasteiger partial charge in [0.1, 0.15) is 5.82 Å². The monoisotopic (exact) mass is 291 g/mol. The number of piperazine rings is 1. The summed E-state index contributed by atoms with van der Waals surface area (Å²) >= 11 is 0. The minimum absolute atomic E-state index is 0.0104. The molecule has 6 nitrogen and oxygen atoms in total. The standard InChI is InChI=1S/C15H25N5O/c1-5-12-8-11(9-13(17-12)18-16)14(21)20-7-6-19(4)15(2,3)10-20/h8-9H,5-7,10,16H2,1-4H3,(H,17,18). The van der Waals surface area contributed by atoms with Gasteiger partial charge in [0, 0.05) is 36.4 Å². The van der Waals surface area contributed by atoms with E-state index < -0.39 is 0 Å². The molecule has 0 spiro atoms. The van der Waals surface area contributed by atoms with Crippen molar-refractivity contribution in [2.24, 2.45) is 5.84 Å². The van der Waals surface area contributed by atoms with Gasteiger partial charge in [-0.05, 0) is 39.4 Å². The molecule has 1 aromatic rings. The number of nitrogen functional groups attached to an aromatic ring is 1. The molecule has 0 radical (unpaired) electrons. The number of anilines is 1. The summed E-state index contributed by atoms with van der Waals surface area (Å²) < 4.78 is 0. The van der Waals surface area contributed by atoms with Crippen LogP contribution in [0.4, 0.5) is 5.82 Å². The van der Waals surface area contributed by atoms with Gasteiger partial charge in [0.25, 0.3) is 5.91 Å². The molecule has 0 aliphatic carbocycles. The highest BCUT2D eigenvalue weighted by Gasteiger charge is 2.33. The van der Waals surface area contributed by atoms with Crippen molar-refractivity contribution in [2.75, 3.05) is 32.1 Å². The molecule has 6 heteroatoms. The summed E-state index contributed by atoms with van der Waals surface area (Å²) in [6, 6.07) is 3.57. The Morgan fingerprint density at radius 1 is 1.43 bits per heavy atom. The highest BCUT2D eigenvalue weighted by molar-refractivity contribution is 5.95. The Bertz CT molecular complexity index is 507. The van der Waals surface area contributed by atoms with E-state index in [1.165, 1.54) is 0 Å². The second kappa shape index (κ2) is 5.99. The Morgan fingerprint density at radius 3 is 2.71 bits per heavy atom. The lowest BCUT2D eigenvalue weighted by atomic mass is 9.99. The third-order valence-corrected chi connectivity index (χ3v) is 4.24. The van der Waals surface area contributed by atoms with Crippen LogP contribution in [0.15, 0.2) is 12.1 Å². The molecule has 2 rings (SSSR count). The third-order valence-electron chi connectivity index (χ3n) is 4.24. The fourth-order valence-electron chi connectivity index (χ4n) is 2.56. The number of hydrazine groups is 1. The average Bonchev–Trinajstić information content (AvgIpc) is 2.48. The van der Waals surface area contributed by atoms with Gasteiger partial charge in [-0.1, -0.05) is 6.92 Å². The fourth-order valence-corrected chi connectivity index (χ4v) is 2.56. The number of amides is 1. The van der Waals surface area contributed by atoms with Gasteiger partial charge in [0.2, 0.25) is 0 Å². The predicted octanol–water partition coefficient (Wildman–Crippen LogP) is 1.10. The van der Waals surface area contributed by atoms with Crippen LogP contribution in [0.5, 0.6) is 0 Å². The van der Waals surface area contributed by atoms with E-state index in [1.807, 2.05) is 17.9 Å². The van der Waals surface area contributed by atoms with Gasteiger partial charge in [-0.25, -0.2) is 10.8 Å². The summed E-state index contributed by atoms with van der Waals surface area (Å²) in [5.41, 5.74) is 4.03. The van der Waals surface area contributed by atoms with Crippen molar-refractivity contribution in [3.05, 3.63) is 23.4 Å². The number of carbonyl (C=O) groups excluding carboxylic acids is 1. The summed E-state index contributed by atoms with van der Waals surface area (Å²) in [5.74, 6) is 6.02. The van der Waals surface area contributed by atoms with Gasteiger partial charge in [-0.15, -0.1) is 0 Å². The number of carbonyl (C=O) groups is 1. The zero-order valence-electron chi connectivity index (χ0n) is 13.3. The maximum absolute atomic E-state index is 12.7. The van der Waals surface area contributed by atoms with Crippen LogP contribution in [0, 0.1) is 0 Å². The van der Waals surface area contributed by atoms with Crippen LogP contribution in [0.2, 0.25) is 0 Å². The van der Waals surface area contributed by atoms with Gasteiger partial charge in [-0.2, -0.15) is 0 Å². The fraction of sp³-hybridized carbons (Fsp3) is 0.600. The molecular formula is C15H25N5O. The molecule has 3 N–H and O–H groups in total. The molecule has 0 saturated carbocycles. The van der Waals surface area contributed by atoms with Crippen molar-refractivity contribution >= 4 is 11.7 Å². The van der Waals surface area contributed by atoms with Crippen LogP contribution in [-0.2, 0) is 6.42 Å². The Hall–Kier alpha value is -1.66. The van der Waals surface area contributed by atoms with Crippen LogP contribution in [0.25, 0.3) is 0 Å². The number of likely N-dealkylation sites (N-methyl/N-ethyl adjacent to an activating group) is 1. The van der Waals surface area contributed by atoms with Crippen molar-refractivity contribution in [2.45, 2.75) is 32.7 Å². The van der Waals surface area contributed by atoms with E-state index >= 15 is 0 Å². The summed E-state index contributed by atoms with van der Waals surface area (Å²) in [5, 5.41) is 0. The van der Waals surface area contributed by atoms with Gasteiger partial charge in [-0.3, -0.25) is 9.69 Å². The molecule has 1 aromatic heterocycles. The number of hydrogen-bond donors (Lipinski definition) is 2. The van der Waals surface area contributed by atoms with Crippen LogP contribution < -0.4 is 11.3 Å². The molecule has 1 fully saturated rings. The first-order valence-electron chi connectivity index (χ1n) is 7.35. The molecule has 0 atom stereocenters. The maximum atomic E-state index is 12.7. The van der Waals surface area contributed by atoms with E-state index in [0.29, 0.717) is 11.4 Å². The number of nitrogens with zero attached hydrogens (tertiary/aromatic N) is 3. The smallest absolute Gasteiger partial charge is 0.254 e. The second-order valence-corrected chi connectivity index (χ2v) is 6.19. The molecule has 1 amide bonds. The molecule has 0 bridgehead atoms. The lowest BCUT2D eigenvalue weighted by molar-refractivity contribution is 0.0311. The first kappa shape index (κ1) is 15.7. The van der Waals surface area contributed by atoms with Crippen molar-refractivity contribution in [1.82, 2.24) is 14.8 Å². The van der Waals surface area contributed by atoms with Crippen LogP contribution in [-0.4, -0.2) is 52.9 Å². The predicted molar refractivity (Wildman–Crippen MR) is 84.0 cm³/mol. The van der Waals surface area contributed by atoms with E-state index in [2.05, 4.69) is 36.2 Å². The molecule has 1 saturated heterocycles. The number of nitrogens with one attached hydrogen (secondary N) is 1. The average molecular weight is 291 g/mol. The Labute approximate surface area is 126 Å². The topological polar surface area (TPSA) is 74.5 Å². The summed E-state index contributed by atoms with van der Waals surface area (Å²) in [7, 11) is 2.10. The van der Waals surface area contributed by atoms with Crippen molar-refractivity contribution in [1.29, 1.82) is 0 Å². The first-order chi connectivity index (χ1) is 9.87. The SMILES string of the molecule is CCc1cc(C(=O)N2CCN(C)C(C)(C)C2)cc(NN)n1. The van der Waals surface area contributed by atoms with Gasteiger partial charge in [0.15, 0.2) is 0 Å². The zero-order chi connectivity index (χ0) is 15.6. The molecule has 0 aromatic carbocycles. The normalized spacial score (nSPS) is 18.6. The van der Waals surface area contributed by atoms with Crippen LogP contribution in [0.1, 0.15) is 36.8 Å². The molecule has 116 valence electrons. The zero-order valence-corrected chi connectivity index (χ0v) is 13.3. The Morgan fingerprint density at radius 2 is 2.14 bits per heavy atom. The number of hydrogen-bond acceptors (Lipinski definition) is 5. The summed E-state index contributed by atoms with van der Waals surface area (Å²) in [6.45, 7) is 8.67. The molecule has 1 aliphatic rings. The van der Waals surface area contributed by atoms with Crippen molar-refractivity contribution in [3.63, 3.8) is 0 Å². The molecule has 2 heterocycles. The molecule has 1 aliphatic heterocycles. The summed E-state index contributed by atoms with van der Waals surface area (Å²) in [4.78, 5) is 21.3. The van der Waals surface area contributed by atoms with Crippen molar-refractivity contribution < 1.29 is 4.79 Å². The number of aryl methyl sites for hydroxylation is 1. The lowest BCUT2D eigenvalue weighted by Crippen LogP contribution is -2.58. The highest BCUT2D eigenvalue weighted by Crippen LogP contribution is 2.21. The van der Waals surface area contributed by atoms with E-state index in [1.54, 1.807) is 6.07 Å².